The Morgan fingerprint density at radius 1 is 0.792 bits per heavy atom. The zero-order valence-corrected chi connectivity index (χ0v) is 13.2. The van der Waals surface area contributed by atoms with E-state index in [9.17, 15) is 19.2 Å². The molecule has 1 aliphatic carbocycles. The van der Waals surface area contributed by atoms with E-state index in [1.54, 1.807) is 0 Å². The van der Waals surface area contributed by atoms with Crippen LogP contribution in [0.25, 0.3) is 0 Å². The first-order valence-electron chi connectivity index (χ1n) is 7.74. The van der Waals surface area contributed by atoms with E-state index in [1.807, 2.05) is 0 Å². The number of nitrogens with one attached hydrogen (secondary N) is 2. The van der Waals surface area contributed by atoms with Gasteiger partial charge in [-0.25, -0.2) is 9.59 Å². The molecule has 4 N–H and O–H groups in total. The Hall–Kier alpha value is -2.64. The van der Waals surface area contributed by atoms with Crippen molar-refractivity contribution >= 4 is 23.8 Å². The normalized spacial score (nSPS) is 20.8. The SMILES string of the molecule is O=C(O)/C=C\C(=O)NCC1CCCC(CNC(=O)/C=C\C(=O)O)C1. The van der Waals surface area contributed by atoms with Crippen LogP contribution in [-0.4, -0.2) is 47.1 Å². The summed E-state index contributed by atoms with van der Waals surface area (Å²) in [5.41, 5.74) is 0. The van der Waals surface area contributed by atoms with E-state index in [0.29, 0.717) is 13.1 Å². The zero-order valence-electron chi connectivity index (χ0n) is 13.2. The van der Waals surface area contributed by atoms with Crippen LogP contribution in [0.4, 0.5) is 0 Å². The van der Waals surface area contributed by atoms with Gasteiger partial charge in [-0.15, -0.1) is 0 Å². The molecule has 2 unspecified atom stereocenters. The molecule has 2 atom stereocenters. The lowest BCUT2D eigenvalue weighted by atomic mass is 9.81. The average molecular weight is 338 g/mol. The summed E-state index contributed by atoms with van der Waals surface area (Å²) in [5, 5.41) is 22.2. The fourth-order valence-electron chi connectivity index (χ4n) is 2.67. The predicted molar refractivity (Wildman–Crippen MR) is 85.0 cm³/mol. The highest BCUT2D eigenvalue weighted by molar-refractivity contribution is 5.94. The van der Waals surface area contributed by atoms with Gasteiger partial charge in [-0.3, -0.25) is 9.59 Å². The summed E-state index contributed by atoms with van der Waals surface area (Å²) in [6.45, 7) is 0.929. The lowest BCUT2D eigenvalue weighted by Gasteiger charge is -2.29. The number of hydrogen-bond acceptors (Lipinski definition) is 4. The summed E-state index contributed by atoms with van der Waals surface area (Å²) in [6.07, 6.45) is 7.30. The van der Waals surface area contributed by atoms with Crippen molar-refractivity contribution in [1.82, 2.24) is 10.6 Å². The Balaban J connectivity index is 2.31. The van der Waals surface area contributed by atoms with Crippen LogP contribution in [0.3, 0.4) is 0 Å². The molecular weight excluding hydrogens is 316 g/mol. The van der Waals surface area contributed by atoms with E-state index in [2.05, 4.69) is 10.6 Å². The molecule has 0 radical (unpaired) electrons. The number of aliphatic carboxylic acids is 2. The second kappa shape index (κ2) is 10.2. The molecule has 1 aliphatic rings. The lowest BCUT2D eigenvalue weighted by molar-refractivity contribution is -0.132. The van der Waals surface area contributed by atoms with Crippen molar-refractivity contribution in [2.45, 2.75) is 25.7 Å². The largest absolute Gasteiger partial charge is 0.478 e. The lowest BCUT2D eigenvalue weighted by Crippen LogP contribution is -2.35. The molecule has 0 saturated heterocycles. The number of carboxylic acid groups (broad SMARTS) is 2. The number of amides is 2. The standard InChI is InChI=1S/C16H22N2O6/c19-13(4-6-15(21)22)17-9-11-2-1-3-12(8-11)10-18-14(20)5-7-16(23)24/h4-7,11-12H,1-3,8-10H2,(H,17,19)(H,18,20)(H,21,22)(H,23,24)/b6-4-,7-5-. The molecule has 2 amide bonds. The summed E-state index contributed by atoms with van der Waals surface area (Å²) < 4.78 is 0. The highest BCUT2D eigenvalue weighted by Gasteiger charge is 2.22. The van der Waals surface area contributed by atoms with Gasteiger partial charge in [0.25, 0.3) is 0 Å². The van der Waals surface area contributed by atoms with Crippen LogP contribution >= 0.6 is 0 Å². The van der Waals surface area contributed by atoms with Crippen LogP contribution < -0.4 is 10.6 Å². The summed E-state index contributed by atoms with van der Waals surface area (Å²) >= 11 is 0. The van der Waals surface area contributed by atoms with Crippen molar-refractivity contribution < 1.29 is 29.4 Å². The Morgan fingerprint density at radius 3 is 1.58 bits per heavy atom. The van der Waals surface area contributed by atoms with Crippen molar-refractivity contribution in [3.05, 3.63) is 24.3 Å². The summed E-state index contributed by atoms with van der Waals surface area (Å²) in [6, 6.07) is 0. The first-order valence-corrected chi connectivity index (χ1v) is 7.74. The number of carbonyl (C=O) groups excluding carboxylic acids is 2. The Labute approximate surface area is 139 Å². The van der Waals surface area contributed by atoms with Gasteiger partial charge in [-0.2, -0.15) is 0 Å². The Bertz CT molecular complexity index is 495. The summed E-state index contributed by atoms with van der Waals surface area (Å²) in [7, 11) is 0. The molecule has 0 bridgehead atoms. The molecule has 1 fully saturated rings. The van der Waals surface area contributed by atoms with E-state index in [1.165, 1.54) is 0 Å². The maximum Gasteiger partial charge on any atom is 0.328 e. The molecule has 8 nitrogen and oxygen atoms in total. The second-order valence-corrected chi connectivity index (χ2v) is 5.73. The van der Waals surface area contributed by atoms with Gasteiger partial charge in [-0.1, -0.05) is 6.42 Å². The molecule has 0 heterocycles. The molecule has 8 heteroatoms. The van der Waals surface area contributed by atoms with Gasteiger partial charge in [-0.05, 0) is 31.1 Å². The van der Waals surface area contributed by atoms with E-state index < -0.39 is 23.8 Å². The minimum absolute atomic E-state index is 0.275. The van der Waals surface area contributed by atoms with Crippen LogP contribution in [0, 0.1) is 11.8 Å². The van der Waals surface area contributed by atoms with Gasteiger partial charge >= 0.3 is 11.9 Å². The van der Waals surface area contributed by atoms with E-state index >= 15 is 0 Å². The average Bonchev–Trinajstić information content (AvgIpc) is 2.54. The van der Waals surface area contributed by atoms with Gasteiger partial charge in [0.05, 0.1) is 0 Å². The van der Waals surface area contributed by atoms with E-state index in [4.69, 9.17) is 10.2 Å². The van der Waals surface area contributed by atoms with Gasteiger partial charge < -0.3 is 20.8 Å². The first-order chi connectivity index (χ1) is 11.4. The third-order valence-electron chi connectivity index (χ3n) is 3.78. The zero-order chi connectivity index (χ0) is 17.9. The van der Waals surface area contributed by atoms with Crippen LogP contribution in [0.5, 0.6) is 0 Å². The molecule has 132 valence electrons. The third kappa shape index (κ3) is 8.72. The van der Waals surface area contributed by atoms with E-state index in [0.717, 1.165) is 50.0 Å². The van der Waals surface area contributed by atoms with Crippen molar-refractivity contribution in [2.24, 2.45) is 11.8 Å². The number of hydrogen-bond donors (Lipinski definition) is 4. The van der Waals surface area contributed by atoms with Gasteiger partial charge in [0, 0.05) is 37.4 Å². The minimum Gasteiger partial charge on any atom is -0.478 e. The van der Waals surface area contributed by atoms with Gasteiger partial charge in [0.2, 0.25) is 11.8 Å². The highest BCUT2D eigenvalue weighted by Crippen LogP contribution is 2.28. The fraction of sp³-hybridized carbons (Fsp3) is 0.500. The fourth-order valence-corrected chi connectivity index (χ4v) is 2.67. The monoisotopic (exact) mass is 338 g/mol. The second-order valence-electron chi connectivity index (χ2n) is 5.73. The van der Waals surface area contributed by atoms with Crippen molar-refractivity contribution in [2.75, 3.05) is 13.1 Å². The minimum atomic E-state index is -1.17. The maximum absolute atomic E-state index is 11.4. The van der Waals surface area contributed by atoms with E-state index in [-0.39, 0.29) is 11.8 Å². The van der Waals surface area contributed by atoms with Gasteiger partial charge in [0.15, 0.2) is 0 Å². The quantitative estimate of drug-likeness (QED) is 0.471. The Kier molecular flexibility index (Phi) is 8.24. The molecule has 24 heavy (non-hydrogen) atoms. The van der Waals surface area contributed by atoms with Crippen LogP contribution in [0.1, 0.15) is 25.7 Å². The van der Waals surface area contributed by atoms with Gasteiger partial charge in [0.1, 0.15) is 0 Å². The topological polar surface area (TPSA) is 133 Å². The molecular formula is C16H22N2O6. The molecule has 1 rings (SSSR count). The number of carbonyl (C=O) groups is 4. The number of rotatable bonds is 8. The molecule has 0 spiro atoms. The molecule has 0 aromatic heterocycles. The third-order valence-corrected chi connectivity index (χ3v) is 3.78. The van der Waals surface area contributed by atoms with Crippen molar-refractivity contribution in [3.8, 4) is 0 Å². The Morgan fingerprint density at radius 2 is 1.21 bits per heavy atom. The summed E-state index contributed by atoms with van der Waals surface area (Å²) in [5.74, 6) is -2.67. The molecule has 0 aromatic rings. The highest BCUT2D eigenvalue weighted by atomic mass is 16.4. The first kappa shape index (κ1) is 19.4. The van der Waals surface area contributed by atoms with Crippen LogP contribution in [0.15, 0.2) is 24.3 Å². The molecule has 0 aromatic carbocycles. The van der Waals surface area contributed by atoms with Crippen LogP contribution in [-0.2, 0) is 19.2 Å². The van der Waals surface area contributed by atoms with Crippen molar-refractivity contribution in [3.63, 3.8) is 0 Å². The smallest absolute Gasteiger partial charge is 0.328 e. The van der Waals surface area contributed by atoms with Crippen LogP contribution in [0.2, 0.25) is 0 Å². The summed E-state index contributed by atoms with van der Waals surface area (Å²) in [4.78, 5) is 43.5. The molecule has 0 aliphatic heterocycles. The predicted octanol–water partition coefficient (Wildman–Crippen LogP) is 0.307. The maximum atomic E-state index is 11.4. The number of carboxylic acids is 2. The molecule has 1 saturated carbocycles. The van der Waals surface area contributed by atoms with Crippen molar-refractivity contribution in [1.29, 1.82) is 0 Å².